The van der Waals surface area contributed by atoms with Crippen LogP contribution in [0.25, 0.3) is 0 Å². The molecular weight excluding hydrogens is 360 g/mol. The molecule has 1 aromatic heterocycles. The smallest absolute Gasteiger partial charge is 0.331 e. The summed E-state index contributed by atoms with van der Waals surface area (Å²) in [6, 6.07) is 8.61. The van der Waals surface area contributed by atoms with Crippen molar-refractivity contribution in [1.29, 1.82) is 0 Å². The van der Waals surface area contributed by atoms with Gasteiger partial charge in [0.25, 0.3) is 0 Å². The molecule has 8 nitrogen and oxygen atoms in total. The van der Waals surface area contributed by atoms with Crippen LogP contribution in [0, 0.1) is 0 Å². The van der Waals surface area contributed by atoms with Gasteiger partial charge in [-0.3, -0.25) is 14.3 Å². The minimum atomic E-state index is -1.24. The molecule has 150 valence electrons. The zero-order valence-corrected chi connectivity index (χ0v) is 16.3. The molecule has 0 spiro atoms. The summed E-state index contributed by atoms with van der Waals surface area (Å²) in [5, 5.41) is 18.8. The number of carboxylic acid groups (broad SMARTS) is 1. The quantitative estimate of drug-likeness (QED) is 0.611. The Balaban J connectivity index is 2.02. The molecule has 2 amide bonds. The number of carbonyl (C=O) groups is 3. The van der Waals surface area contributed by atoms with E-state index in [1.807, 2.05) is 37.3 Å². The van der Waals surface area contributed by atoms with Crippen molar-refractivity contribution in [3.8, 4) is 0 Å². The first-order valence-electron chi connectivity index (χ1n) is 9.16. The number of aliphatic carboxylic acids is 1. The van der Waals surface area contributed by atoms with Crippen LogP contribution in [0.15, 0.2) is 42.7 Å². The van der Waals surface area contributed by atoms with E-state index < -0.39 is 17.6 Å². The fourth-order valence-electron chi connectivity index (χ4n) is 2.60. The molecule has 3 N–H and O–H groups in total. The largest absolute Gasteiger partial charge is 0.479 e. The van der Waals surface area contributed by atoms with Gasteiger partial charge in [0.15, 0.2) is 5.54 Å². The van der Waals surface area contributed by atoms with Crippen LogP contribution >= 0.6 is 0 Å². The number of aromatic nitrogens is 2. The summed E-state index contributed by atoms with van der Waals surface area (Å²) in [6.45, 7) is 4.95. The van der Waals surface area contributed by atoms with E-state index in [2.05, 4.69) is 15.7 Å². The second kappa shape index (κ2) is 9.16. The summed E-state index contributed by atoms with van der Waals surface area (Å²) >= 11 is 0. The van der Waals surface area contributed by atoms with E-state index in [-0.39, 0.29) is 18.2 Å². The van der Waals surface area contributed by atoms with Crippen molar-refractivity contribution >= 4 is 23.5 Å². The van der Waals surface area contributed by atoms with Crippen LogP contribution in [0.4, 0.5) is 5.69 Å². The molecule has 2 rings (SSSR count). The van der Waals surface area contributed by atoms with E-state index in [4.69, 9.17) is 0 Å². The average Bonchev–Trinajstić information content (AvgIpc) is 3.11. The normalized spacial score (nSPS) is 12.2. The predicted octanol–water partition coefficient (Wildman–Crippen LogP) is 2.17. The first-order chi connectivity index (χ1) is 13.2. The van der Waals surface area contributed by atoms with Crippen molar-refractivity contribution in [2.24, 2.45) is 0 Å². The Labute approximate surface area is 163 Å². The van der Waals surface area contributed by atoms with Crippen LogP contribution in [0.3, 0.4) is 0 Å². The van der Waals surface area contributed by atoms with Gasteiger partial charge in [0.2, 0.25) is 11.8 Å². The molecule has 2 aromatic rings. The third kappa shape index (κ3) is 5.42. The zero-order valence-electron chi connectivity index (χ0n) is 16.3. The second-order valence-electron chi connectivity index (χ2n) is 7.10. The molecule has 1 aromatic carbocycles. The van der Waals surface area contributed by atoms with E-state index in [1.165, 1.54) is 30.9 Å². The van der Waals surface area contributed by atoms with Crippen LogP contribution in [-0.2, 0) is 26.3 Å². The Morgan fingerprint density at radius 3 is 2.50 bits per heavy atom. The summed E-state index contributed by atoms with van der Waals surface area (Å²) in [4.78, 5) is 36.2. The van der Waals surface area contributed by atoms with Crippen LogP contribution < -0.4 is 10.6 Å². The summed E-state index contributed by atoms with van der Waals surface area (Å²) in [5.74, 6) is -1.64. The third-order valence-electron chi connectivity index (χ3n) is 4.38. The summed E-state index contributed by atoms with van der Waals surface area (Å²) < 4.78 is 1.27. The van der Waals surface area contributed by atoms with Gasteiger partial charge >= 0.3 is 5.97 Å². The topological polar surface area (TPSA) is 113 Å². The number of nitrogens with one attached hydrogen (secondary N) is 2. The molecule has 0 fully saturated rings. The van der Waals surface area contributed by atoms with E-state index in [1.54, 1.807) is 0 Å². The lowest BCUT2D eigenvalue weighted by atomic mass is 10.1. The minimum absolute atomic E-state index is 0.194. The van der Waals surface area contributed by atoms with Gasteiger partial charge < -0.3 is 15.7 Å². The predicted molar refractivity (Wildman–Crippen MR) is 105 cm³/mol. The fraction of sp³-hybridized carbons (Fsp3) is 0.400. The van der Waals surface area contributed by atoms with Crippen LogP contribution in [0.1, 0.15) is 39.2 Å². The Hall–Kier alpha value is -3.16. The van der Waals surface area contributed by atoms with Crippen molar-refractivity contribution in [1.82, 2.24) is 15.1 Å². The molecule has 0 aliphatic heterocycles. The molecular formula is C20H26N4O4. The molecule has 0 bridgehead atoms. The number of anilines is 1. The molecule has 1 heterocycles. The Morgan fingerprint density at radius 2 is 1.89 bits per heavy atom. The van der Waals surface area contributed by atoms with E-state index in [0.717, 1.165) is 12.0 Å². The molecule has 0 aliphatic carbocycles. The maximum absolute atomic E-state index is 12.6. The van der Waals surface area contributed by atoms with E-state index in [0.29, 0.717) is 12.1 Å². The number of rotatable bonds is 9. The SMILES string of the molecule is CCCC(NC(=O)Cc1ccccc1)C(=O)Nc1cnn(C(C)(C)C(=O)O)c1. The number of hydrogen-bond donors (Lipinski definition) is 3. The van der Waals surface area contributed by atoms with Gasteiger partial charge in [0.1, 0.15) is 6.04 Å². The standard InChI is InChI=1S/C20H26N4O4/c1-4-8-16(23-17(25)11-14-9-6-5-7-10-14)18(26)22-15-12-21-24(13-15)20(2,3)19(27)28/h5-7,9-10,12-13,16H,4,8,11H2,1-3H3,(H,22,26)(H,23,25)(H,27,28). The molecule has 28 heavy (non-hydrogen) atoms. The van der Waals surface area contributed by atoms with Crippen LogP contribution in [0.5, 0.6) is 0 Å². The van der Waals surface area contributed by atoms with Crippen LogP contribution in [0.2, 0.25) is 0 Å². The number of nitrogens with zero attached hydrogens (tertiary/aromatic N) is 2. The van der Waals surface area contributed by atoms with Gasteiger partial charge in [-0.05, 0) is 25.8 Å². The lowest BCUT2D eigenvalue weighted by Gasteiger charge is -2.19. The van der Waals surface area contributed by atoms with Gasteiger partial charge in [0.05, 0.1) is 18.3 Å². The zero-order chi connectivity index (χ0) is 20.7. The number of carbonyl (C=O) groups excluding carboxylic acids is 2. The Bertz CT molecular complexity index is 830. The summed E-state index contributed by atoms with van der Waals surface area (Å²) in [5.41, 5.74) is 0.000890. The number of carboxylic acids is 1. The van der Waals surface area contributed by atoms with Gasteiger partial charge in [-0.25, -0.2) is 4.79 Å². The van der Waals surface area contributed by atoms with Gasteiger partial charge in [0, 0.05) is 6.20 Å². The fourth-order valence-corrected chi connectivity index (χ4v) is 2.60. The van der Waals surface area contributed by atoms with E-state index in [9.17, 15) is 19.5 Å². The summed E-state index contributed by atoms with van der Waals surface area (Å²) in [7, 11) is 0. The highest BCUT2D eigenvalue weighted by molar-refractivity contribution is 5.97. The molecule has 1 unspecified atom stereocenters. The molecule has 0 radical (unpaired) electrons. The average molecular weight is 386 g/mol. The highest BCUT2D eigenvalue weighted by Crippen LogP contribution is 2.17. The lowest BCUT2D eigenvalue weighted by Crippen LogP contribution is -2.44. The maximum atomic E-state index is 12.6. The summed E-state index contributed by atoms with van der Waals surface area (Å²) in [6.07, 6.45) is 4.24. The van der Waals surface area contributed by atoms with Crippen molar-refractivity contribution < 1.29 is 19.5 Å². The monoisotopic (exact) mass is 386 g/mol. The highest BCUT2D eigenvalue weighted by Gasteiger charge is 2.30. The minimum Gasteiger partial charge on any atom is -0.479 e. The second-order valence-corrected chi connectivity index (χ2v) is 7.10. The Kier molecular flexibility index (Phi) is 6.92. The van der Waals surface area contributed by atoms with Crippen molar-refractivity contribution in [2.45, 2.75) is 51.6 Å². The Morgan fingerprint density at radius 1 is 1.21 bits per heavy atom. The highest BCUT2D eigenvalue weighted by atomic mass is 16.4. The first kappa shape index (κ1) is 21.1. The third-order valence-corrected chi connectivity index (χ3v) is 4.38. The maximum Gasteiger partial charge on any atom is 0.331 e. The lowest BCUT2D eigenvalue weighted by molar-refractivity contribution is -0.146. The number of hydrogen-bond acceptors (Lipinski definition) is 4. The van der Waals surface area contributed by atoms with E-state index >= 15 is 0 Å². The molecule has 0 saturated heterocycles. The van der Waals surface area contributed by atoms with Crippen molar-refractivity contribution in [2.75, 3.05) is 5.32 Å². The van der Waals surface area contributed by atoms with Crippen LogP contribution in [-0.4, -0.2) is 38.7 Å². The van der Waals surface area contributed by atoms with Crippen molar-refractivity contribution in [3.05, 3.63) is 48.3 Å². The van der Waals surface area contributed by atoms with Gasteiger partial charge in [-0.1, -0.05) is 43.7 Å². The number of benzene rings is 1. The first-order valence-corrected chi connectivity index (χ1v) is 9.16. The van der Waals surface area contributed by atoms with Crippen molar-refractivity contribution in [3.63, 3.8) is 0 Å². The van der Waals surface area contributed by atoms with Gasteiger partial charge in [-0.2, -0.15) is 5.10 Å². The number of amides is 2. The molecule has 0 saturated carbocycles. The molecule has 0 aliphatic rings. The van der Waals surface area contributed by atoms with Gasteiger partial charge in [-0.15, -0.1) is 0 Å². The molecule has 8 heteroatoms. The molecule has 1 atom stereocenters.